The molecule has 0 aromatic heterocycles. The van der Waals surface area contributed by atoms with E-state index in [0.717, 1.165) is 5.56 Å². The van der Waals surface area contributed by atoms with Crippen molar-refractivity contribution in [3.05, 3.63) is 64.4 Å². The summed E-state index contributed by atoms with van der Waals surface area (Å²) in [6.07, 6.45) is -0.334. The lowest BCUT2D eigenvalue weighted by Crippen LogP contribution is -2.39. The van der Waals surface area contributed by atoms with Gasteiger partial charge in [-0.2, -0.15) is 5.26 Å². The van der Waals surface area contributed by atoms with Gasteiger partial charge in [0.2, 0.25) is 0 Å². The van der Waals surface area contributed by atoms with Gasteiger partial charge in [0.1, 0.15) is 17.6 Å². The minimum Gasteiger partial charge on any atom is -0.480 e. The minimum atomic E-state index is -1.18. The molecule has 6 heteroatoms. The zero-order valence-corrected chi connectivity index (χ0v) is 12.7. The number of nitrogens with zero attached hydrogens (tertiary/aromatic N) is 1. The molecule has 2 atom stereocenters. The molecule has 3 rings (SSSR count). The molecule has 116 valence electrons. The Hall–Kier alpha value is -2.58. The number of ether oxygens (including phenoxy) is 1. The fourth-order valence-electron chi connectivity index (χ4n) is 2.52. The number of benzene rings is 2. The fourth-order valence-corrected chi connectivity index (χ4v) is 2.79. The van der Waals surface area contributed by atoms with E-state index in [1.807, 2.05) is 24.3 Å². The number of hydrogen-bond acceptors (Lipinski definition) is 3. The molecular formula is C17H12ClFN2O2. The van der Waals surface area contributed by atoms with Crippen molar-refractivity contribution in [3.8, 4) is 11.8 Å². The molecule has 1 amide bonds. The van der Waals surface area contributed by atoms with Gasteiger partial charge in [0.05, 0.1) is 6.07 Å². The summed E-state index contributed by atoms with van der Waals surface area (Å²) in [6.45, 7) is 0. The zero-order chi connectivity index (χ0) is 16.4. The third kappa shape index (κ3) is 2.99. The van der Waals surface area contributed by atoms with E-state index in [9.17, 15) is 14.4 Å². The van der Waals surface area contributed by atoms with E-state index in [1.54, 1.807) is 6.07 Å². The molecule has 0 saturated heterocycles. The van der Waals surface area contributed by atoms with E-state index >= 15 is 0 Å². The molecule has 23 heavy (non-hydrogen) atoms. The van der Waals surface area contributed by atoms with Crippen LogP contribution in [0.25, 0.3) is 0 Å². The Bertz CT molecular complexity index is 758. The van der Waals surface area contributed by atoms with Crippen LogP contribution in [0.2, 0.25) is 5.02 Å². The molecule has 0 aliphatic carbocycles. The van der Waals surface area contributed by atoms with Crippen molar-refractivity contribution in [3.63, 3.8) is 0 Å². The van der Waals surface area contributed by atoms with Gasteiger partial charge in [0.25, 0.3) is 5.91 Å². The third-order valence-electron chi connectivity index (χ3n) is 3.64. The van der Waals surface area contributed by atoms with Crippen LogP contribution in [-0.2, 0) is 11.2 Å². The second-order valence-corrected chi connectivity index (χ2v) is 5.53. The normalized spacial score (nSPS) is 16.8. The maximum atomic E-state index is 13.9. The highest BCUT2D eigenvalue weighted by atomic mass is 35.5. The topological polar surface area (TPSA) is 62.1 Å². The van der Waals surface area contributed by atoms with E-state index in [1.165, 1.54) is 18.2 Å². The molecule has 0 bridgehead atoms. The number of nitriles is 1. The Morgan fingerprint density at radius 2 is 2.13 bits per heavy atom. The Morgan fingerprint density at radius 1 is 1.35 bits per heavy atom. The Kier molecular flexibility index (Phi) is 4.18. The first-order valence-electron chi connectivity index (χ1n) is 6.98. The summed E-state index contributed by atoms with van der Waals surface area (Å²) < 4.78 is 19.5. The highest BCUT2D eigenvalue weighted by molar-refractivity contribution is 6.31. The van der Waals surface area contributed by atoms with Crippen LogP contribution < -0.4 is 10.1 Å². The van der Waals surface area contributed by atoms with Gasteiger partial charge in [-0.3, -0.25) is 4.79 Å². The predicted octanol–water partition coefficient (Wildman–Crippen LogP) is 3.16. The summed E-state index contributed by atoms with van der Waals surface area (Å²) in [5.41, 5.74) is 0.880. The summed E-state index contributed by atoms with van der Waals surface area (Å²) >= 11 is 5.95. The Balaban J connectivity index is 1.76. The number of carbonyl (C=O) groups excluding carboxylic acids is 1. The summed E-state index contributed by atoms with van der Waals surface area (Å²) in [4.78, 5) is 12.3. The summed E-state index contributed by atoms with van der Waals surface area (Å²) in [7, 11) is 0. The van der Waals surface area contributed by atoms with Gasteiger partial charge in [0, 0.05) is 17.0 Å². The molecular weight excluding hydrogens is 319 g/mol. The molecule has 0 spiro atoms. The highest BCUT2D eigenvalue weighted by Gasteiger charge is 2.31. The van der Waals surface area contributed by atoms with Crippen LogP contribution in [0.4, 0.5) is 4.39 Å². The van der Waals surface area contributed by atoms with Crippen LogP contribution in [0.15, 0.2) is 42.5 Å². The number of para-hydroxylation sites is 1. The van der Waals surface area contributed by atoms with E-state index in [-0.39, 0.29) is 10.6 Å². The molecule has 4 nitrogen and oxygen atoms in total. The third-order valence-corrected chi connectivity index (χ3v) is 3.97. The van der Waals surface area contributed by atoms with E-state index in [2.05, 4.69) is 5.32 Å². The maximum absolute atomic E-state index is 13.9. The van der Waals surface area contributed by atoms with Gasteiger partial charge in [-0.25, -0.2) is 4.39 Å². The first-order valence-corrected chi connectivity index (χ1v) is 7.36. The van der Waals surface area contributed by atoms with Crippen LogP contribution in [0.3, 0.4) is 0 Å². The van der Waals surface area contributed by atoms with Crippen molar-refractivity contribution < 1.29 is 13.9 Å². The number of amides is 1. The van der Waals surface area contributed by atoms with Crippen molar-refractivity contribution in [2.45, 2.75) is 18.6 Å². The van der Waals surface area contributed by atoms with Crippen molar-refractivity contribution in [2.75, 3.05) is 0 Å². The van der Waals surface area contributed by atoms with Crippen molar-refractivity contribution >= 4 is 17.5 Å². The van der Waals surface area contributed by atoms with Gasteiger partial charge in [-0.15, -0.1) is 0 Å². The first-order chi connectivity index (χ1) is 11.1. The number of nitrogens with one attached hydrogen (secondary N) is 1. The van der Waals surface area contributed by atoms with Crippen LogP contribution in [-0.4, -0.2) is 12.0 Å². The van der Waals surface area contributed by atoms with E-state index < -0.39 is 23.9 Å². The number of fused-ring (bicyclic) bond motifs is 1. The van der Waals surface area contributed by atoms with Gasteiger partial charge in [-0.05, 0) is 23.8 Å². The fraction of sp³-hybridized carbons (Fsp3) is 0.176. The molecule has 1 heterocycles. The Morgan fingerprint density at radius 3 is 2.83 bits per heavy atom. The van der Waals surface area contributed by atoms with Gasteiger partial charge < -0.3 is 10.1 Å². The van der Waals surface area contributed by atoms with Crippen molar-refractivity contribution in [1.29, 1.82) is 5.26 Å². The monoisotopic (exact) mass is 330 g/mol. The first kappa shape index (κ1) is 15.3. The number of hydrogen-bond donors (Lipinski definition) is 1. The largest absolute Gasteiger partial charge is 0.480 e. The lowest BCUT2D eigenvalue weighted by atomic mass is 10.1. The molecule has 2 aromatic carbocycles. The van der Waals surface area contributed by atoms with Gasteiger partial charge in [-0.1, -0.05) is 35.9 Å². The molecule has 0 unspecified atom stereocenters. The molecule has 1 N–H and O–H groups in total. The SMILES string of the molecule is N#C[C@@H](NC(=O)[C@@H]1Cc2ccccc2O1)c1c(F)cccc1Cl. The number of halogens is 2. The number of rotatable bonds is 3. The molecule has 0 radical (unpaired) electrons. The smallest absolute Gasteiger partial charge is 0.262 e. The summed E-state index contributed by atoms with van der Waals surface area (Å²) in [6, 6.07) is 12.1. The second-order valence-electron chi connectivity index (χ2n) is 5.12. The Labute approximate surface area is 137 Å². The van der Waals surface area contributed by atoms with Crippen LogP contribution in [0.5, 0.6) is 5.75 Å². The van der Waals surface area contributed by atoms with Crippen LogP contribution in [0.1, 0.15) is 17.2 Å². The number of carbonyl (C=O) groups is 1. The standard InChI is InChI=1S/C17H12ClFN2O2/c18-11-5-3-6-12(19)16(11)13(9-20)21-17(22)15-8-10-4-1-2-7-14(10)23-15/h1-7,13,15H,8H2,(H,21,22)/t13-,15+/m1/s1. The predicted molar refractivity (Wildman–Crippen MR) is 82.5 cm³/mol. The van der Waals surface area contributed by atoms with Gasteiger partial charge >= 0.3 is 0 Å². The van der Waals surface area contributed by atoms with E-state index in [0.29, 0.717) is 12.2 Å². The average Bonchev–Trinajstić information content (AvgIpc) is 2.97. The average molecular weight is 331 g/mol. The molecule has 1 aliphatic heterocycles. The molecule has 1 aliphatic rings. The molecule has 2 aromatic rings. The van der Waals surface area contributed by atoms with Crippen LogP contribution >= 0.6 is 11.6 Å². The molecule has 0 fully saturated rings. The maximum Gasteiger partial charge on any atom is 0.262 e. The van der Waals surface area contributed by atoms with Crippen molar-refractivity contribution in [1.82, 2.24) is 5.32 Å². The van der Waals surface area contributed by atoms with E-state index in [4.69, 9.17) is 16.3 Å². The molecule has 0 saturated carbocycles. The lowest BCUT2D eigenvalue weighted by Gasteiger charge is -2.17. The van der Waals surface area contributed by atoms with Crippen molar-refractivity contribution in [2.24, 2.45) is 0 Å². The highest BCUT2D eigenvalue weighted by Crippen LogP contribution is 2.29. The lowest BCUT2D eigenvalue weighted by molar-refractivity contribution is -0.127. The summed E-state index contributed by atoms with van der Waals surface area (Å²) in [5, 5.41) is 11.8. The van der Waals surface area contributed by atoms with Gasteiger partial charge in [0.15, 0.2) is 6.10 Å². The zero-order valence-electron chi connectivity index (χ0n) is 11.9. The summed E-state index contributed by atoms with van der Waals surface area (Å²) in [5.74, 6) is -0.475. The van der Waals surface area contributed by atoms with Crippen LogP contribution in [0, 0.1) is 17.1 Å². The second kappa shape index (κ2) is 6.27. The minimum absolute atomic E-state index is 0.0412. The quantitative estimate of drug-likeness (QED) is 0.940.